The molecule has 5 heteroatoms. The summed E-state index contributed by atoms with van der Waals surface area (Å²) in [5.41, 5.74) is 6.00. The summed E-state index contributed by atoms with van der Waals surface area (Å²) in [5, 5.41) is 0. The molecule has 5 nitrogen and oxygen atoms in total. The van der Waals surface area contributed by atoms with Crippen molar-refractivity contribution < 1.29 is 4.79 Å². The largest absolute Gasteiger partial charge is 0.334 e. The first-order valence-electron chi connectivity index (χ1n) is 5.56. The van der Waals surface area contributed by atoms with Crippen LogP contribution in [-0.4, -0.2) is 33.4 Å². The molecule has 0 spiro atoms. The standard InChI is InChI=1S/C11H18N4O/c1-7(2)15-5-4-13-11(15)10-8(12)6-9(16)14(10)3/h4-5,7-8,10H,6,12H2,1-3H3/t8-,10-/m1/s1. The molecule has 16 heavy (non-hydrogen) atoms. The maximum Gasteiger partial charge on any atom is 0.224 e. The van der Waals surface area contributed by atoms with Crippen LogP contribution in [0.3, 0.4) is 0 Å². The molecule has 88 valence electrons. The van der Waals surface area contributed by atoms with Crippen LogP contribution in [0, 0.1) is 0 Å². The molecule has 0 bridgehead atoms. The predicted octanol–water partition coefficient (Wildman–Crippen LogP) is 0.695. The van der Waals surface area contributed by atoms with Crippen LogP contribution in [0.4, 0.5) is 0 Å². The van der Waals surface area contributed by atoms with Gasteiger partial charge in [-0.15, -0.1) is 0 Å². The van der Waals surface area contributed by atoms with Crippen LogP contribution < -0.4 is 5.73 Å². The third-order valence-electron chi connectivity index (χ3n) is 3.15. The molecule has 1 fully saturated rings. The highest BCUT2D eigenvalue weighted by atomic mass is 16.2. The molecule has 0 aromatic carbocycles. The fourth-order valence-corrected chi connectivity index (χ4v) is 2.25. The van der Waals surface area contributed by atoms with Gasteiger partial charge in [-0.05, 0) is 13.8 Å². The van der Waals surface area contributed by atoms with Crippen molar-refractivity contribution in [2.75, 3.05) is 7.05 Å². The van der Waals surface area contributed by atoms with E-state index in [0.29, 0.717) is 12.5 Å². The normalized spacial score (nSPS) is 25.8. The van der Waals surface area contributed by atoms with Crippen LogP contribution >= 0.6 is 0 Å². The van der Waals surface area contributed by atoms with Gasteiger partial charge in [0.25, 0.3) is 0 Å². The highest BCUT2D eigenvalue weighted by Crippen LogP contribution is 2.30. The molecular weight excluding hydrogens is 204 g/mol. The maximum atomic E-state index is 11.6. The third-order valence-corrected chi connectivity index (χ3v) is 3.15. The number of aromatic nitrogens is 2. The van der Waals surface area contributed by atoms with Gasteiger partial charge in [0.1, 0.15) is 11.9 Å². The molecule has 1 aliphatic rings. The van der Waals surface area contributed by atoms with Crippen LogP contribution in [0.25, 0.3) is 0 Å². The summed E-state index contributed by atoms with van der Waals surface area (Å²) in [4.78, 5) is 17.6. The van der Waals surface area contributed by atoms with Crippen LogP contribution in [0.1, 0.15) is 38.2 Å². The molecule has 0 aliphatic carbocycles. The zero-order valence-corrected chi connectivity index (χ0v) is 9.92. The van der Waals surface area contributed by atoms with Crippen LogP contribution in [-0.2, 0) is 4.79 Å². The maximum absolute atomic E-state index is 11.6. The number of nitrogens with two attached hydrogens (primary N) is 1. The summed E-state index contributed by atoms with van der Waals surface area (Å²) in [5.74, 6) is 0.978. The zero-order chi connectivity index (χ0) is 11.9. The van der Waals surface area contributed by atoms with Crippen molar-refractivity contribution in [3.8, 4) is 0 Å². The lowest BCUT2D eigenvalue weighted by atomic mass is 10.1. The zero-order valence-electron chi connectivity index (χ0n) is 9.92. The minimum Gasteiger partial charge on any atom is -0.334 e. The minimum absolute atomic E-state index is 0.0927. The minimum atomic E-state index is -0.155. The van der Waals surface area contributed by atoms with Gasteiger partial charge in [0, 0.05) is 37.9 Å². The first kappa shape index (κ1) is 11.1. The van der Waals surface area contributed by atoms with Gasteiger partial charge >= 0.3 is 0 Å². The molecule has 0 saturated carbocycles. The summed E-state index contributed by atoms with van der Waals surface area (Å²) in [6.07, 6.45) is 4.11. The summed E-state index contributed by atoms with van der Waals surface area (Å²) in [6, 6.07) is 0.0797. The van der Waals surface area contributed by atoms with E-state index in [1.54, 1.807) is 18.1 Å². The number of amides is 1. The summed E-state index contributed by atoms with van der Waals surface area (Å²) in [6.45, 7) is 4.18. The topological polar surface area (TPSA) is 64.2 Å². The average Bonchev–Trinajstić information content (AvgIpc) is 2.73. The van der Waals surface area contributed by atoms with Gasteiger partial charge in [0.15, 0.2) is 0 Å². The summed E-state index contributed by atoms with van der Waals surface area (Å²) < 4.78 is 2.07. The number of hydrogen-bond donors (Lipinski definition) is 1. The molecule has 0 radical (unpaired) electrons. The molecule has 0 unspecified atom stereocenters. The number of carbonyl (C=O) groups excluding carboxylic acids is 1. The molecule has 2 rings (SSSR count). The highest BCUT2D eigenvalue weighted by Gasteiger charge is 2.38. The average molecular weight is 222 g/mol. The van der Waals surface area contributed by atoms with Crippen molar-refractivity contribution in [2.45, 2.75) is 38.4 Å². The molecule has 1 aromatic heterocycles. The number of likely N-dealkylation sites (N-methyl/N-ethyl adjacent to an activating group) is 1. The molecule has 1 saturated heterocycles. The van der Waals surface area contributed by atoms with E-state index in [2.05, 4.69) is 23.4 Å². The SMILES string of the molecule is CC(C)n1ccnc1[C@H]1[C@H](N)CC(=O)N1C. The number of carbonyl (C=O) groups is 1. The lowest BCUT2D eigenvalue weighted by Gasteiger charge is -2.24. The van der Waals surface area contributed by atoms with Crippen molar-refractivity contribution in [1.29, 1.82) is 0 Å². The van der Waals surface area contributed by atoms with E-state index in [1.165, 1.54) is 0 Å². The Hall–Kier alpha value is -1.36. The highest BCUT2D eigenvalue weighted by molar-refractivity contribution is 5.79. The van der Waals surface area contributed by atoms with Gasteiger partial charge in [0.05, 0.1) is 0 Å². The van der Waals surface area contributed by atoms with Crippen molar-refractivity contribution in [3.63, 3.8) is 0 Å². The second-order valence-electron chi connectivity index (χ2n) is 4.60. The lowest BCUT2D eigenvalue weighted by molar-refractivity contribution is -0.127. The van der Waals surface area contributed by atoms with Crippen molar-refractivity contribution in [1.82, 2.24) is 14.5 Å². The Morgan fingerprint density at radius 3 is 2.75 bits per heavy atom. The second-order valence-corrected chi connectivity index (χ2v) is 4.60. The van der Waals surface area contributed by atoms with Crippen molar-refractivity contribution >= 4 is 5.91 Å². The Morgan fingerprint density at radius 2 is 2.25 bits per heavy atom. The fourth-order valence-electron chi connectivity index (χ4n) is 2.25. The molecule has 2 atom stereocenters. The Labute approximate surface area is 95.2 Å². The Kier molecular flexibility index (Phi) is 2.71. The van der Waals surface area contributed by atoms with Gasteiger partial charge in [-0.2, -0.15) is 0 Å². The number of nitrogens with zero attached hydrogens (tertiary/aromatic N) is 3. The van der Waals surface area contributed by atoms with Crippen LogP contribution in [0.2, 0.25) is 0 Å². The number of likely N-dealkylation sites (tertiary alicyclic amines) is 1. The molecule has 2 N–H and O–H groups in total. The number of imidazole rings is 1. The van der Waals surface area contributed by atoms with E-state index in [4.69, 9.17) is 5.73 Å². The fraction of sp³-hybridized carbons (Fsp3) is 0.636. The first-order chi connectivity index (χ1) is 7.52. The molecular formula is C11H18N4O. The third kappa shape index (κ3) is 1.61. The second kappa shape index (κ2) is 3.90. The van der Waals surface area contributed by atoms with E-state index >= 15 is 0 Å². The van der Waals surface area contributed by atoms with Gasteiger partial charge in [-0.3, -0.25) is 4.79 Å². The Morgan fingerprint density at radius 1 is 1.56 bits per heavy atom. The van der Waals surface area contributed by atoms with Crippen molar-refractivity contribution in [3.05, 3.63) is 18.2 Å². The lowest BCUT2D eigenvalue weighted by Crippen LogP contribution is -2.32. The molecule has 2 heterocycles. The molecule has 1 aliphatic heterocycles. The van der Waals surface area contributed by atoms with Gasteiger partial charge in [0.2, 0.25) is 5.91 Å². The smallest absolute Gasteiger partial charge is 0.224 e. The van der Waals surface area contributed by atoms with E-state index < -0.39 is 0 Å². The Balaban J connectivity index is 2.36. The van der Waals surface area contributed by atoms with E-state index in [-0.39, 0.29) is 18.0 Å². The number of rotatable bonds is 2. The van der Waals surface area contributed by atoms with Gasteiger partial charge < -0.3 is 15.2 Å². The molecule has 1 aromatic rings. The van der Waals surface area contributed by atoms with E-state index in [0.717, 1.165) is 5.82 Å². The predicted molar refractivity (Wildman–Crippen MR) is 60.7 cm³/mol. The van der Waals surface area contributed by atoms with Crippen molar-refractivity contribution in [2.24, 2.45) is 5.73 Å². The van der Waals surface area contributed by atoms with Gasteiger partial charge in [-0.25, -0.2) is 4.98 Å². The quantitative estimate of drug-likeness (QED) is 0.801. The van der Waals surface area contributed by atoms with Crippen LogP contribution in [0.15, 0.2) is 12.4 Å². The van der Waals surface area contributed by atoms with E-state index in [9.17, 15) is 4.79 Å². The number of hydrogen-bond acceptors (Lipinski definition) is 3. The van der Waals surface area contributed by atoms with Crippen LogP contribution in [0.5, 0.6) is 0 Å². The molecule has 1 amide bonds. The first-order valence-corrected chi connectivity index (χ1v) is 5.56. The Bertz CT molecular complexity index is 398. The summed E-state index contributed by atoms with van der Waals surface area (Å²) >= 11 is 0. The van der Waals surface area contributed by atoms with Gasteiger partial charge in [-0.1, -0.05) is 0 Å². The summed E-state index contributed by atoms with van der Waals surface area (Å²) in [7, 11) is 1.79. The van der Waals surface area contributed by atoms with E-state index in [1.807, 2.05) is 6.20 Å². The monoisotopic (exact) mass is 222 g/mol.